The Morgan fingerprint density at radius 1 is 1.07 bits per heavy atom. The molecule has 3 rings (SSSR count). The molecule has 0 aliphatic carbocycles. The molecule has 0 saturated heterocycles. The molecule has 1 aromatic heterocycles. The van der Waals surface area contributed by atoms with Crippen molar-refractivity contribution in [3.8, 4) is 11.3 Å². The number of halogens is 3. The first-order valence-corrected chi connectivity index (χ1v) is 8.42. The fourth-order valence-electron chi connectivity index (χ4n) is 2.86. The fourth-order valence-corrected chi connectivity index (χ4v) is 2.86. The molecule has 5 nitrogen and oxygen atoms in total. The Morgan fingerprint density at radius 2 is 1.71 bits per heavy atom. The fraction of sp³-hybridized carbons (Fsp3) is 0.200. The second-order valence-corrected chi connectivity index (χ2v) is 6.07. The highest BCUT2D eigenvalue weighted by Gasteiger charge is 2.31. The summed E-state index contributed by atoms with van der Waals surface area (Å²) in [6.07, 6.45) is -4.49. The Hall–Kier alpha value is -3.13. The first-order chi connectivity index (χ1) is 13.3. The van der Waals surface area contributed by atoms with Crippen molar-refractivity contribution in [2.45, 2.75) is 12.7 Å². The Balaban J connectivity index is 2.10. The highest BCUT2D eigenvalue weighted by Crippen LogP contribution is 2.30. The Bertz CT molecular complexity index is 1020. The van der Waals surface area contributed by atoms with Crippen molar-refractivity contribution in [3.05, 3.63) is 81.9 Å². The summed E-state index contributed by atoms with van der Waals surface area (Å²) >= 11 is 0. The predicted molar refractivity (Wildman–Crippen MR) is 97.2 cm³/mol. The van der Waals surface area contributed by atoms with E-state index in [9.17, 15) is 22.8 Å². The van der Waals surface area contributed by atoms with Crippen LogP contribution in [0.5, 0.6) is 0 Å². The molecule has 0 fully saturated rings. The lowest BCUT2D eigenvalue weighted by Crippen LogP contribution is -2.23. The number of nitrogens with one attached hydrogen (secondary N) is 1. The number of carbonyl (C=O) groups excluding carboxylic acids is 1. The summed E-state index contributed by atoms with van der Waals surface area (Å²) in [5.41, 5.74) is -0.287. The van der Waals surface area contributed by atoms with Crippen molar-refractivity contribution in [3.63, 3.8) is 0 Å². The van der Waals surface area contributed by atoms with Gasteiger partial charge in [-0.25, -0.2) is 4.79 Å². The Morgan fingerprint density at radius 3 is 2.29 bits per heavy atom. The maximum Gasteiger partial charge on any atom is 0.416 e. The minimum atomic E-state index is -4.49. The number of benzene rings is 2. The molecule has 1 heterocycles. The van der Waals surface area contributed by atoms with E-state index in [1.807, 2.05) is 0 Å². The number of aromatic nitrogens is 2. The van der Waals surface area contributed by atoms with Crippen molar-refractivity contribution in [2.75, 3.05) is 13.7 Å². The normalized spacial score (nSPS) is 11.6. The molecule has 0 bridgehead atoms. The topological polar surface area (TPSA) is 64.1 Å². The van der Waals surface area contributed by atoms with E-state index < -0.39 is 23.2 Å². The van der Waals surface area contributed by atoms with Gasteiger partial charge in [-0.3, -0.25) is 9.36 Å². The zero-order valence-electron chi connectivity index (χ0n) is 14.9. The van der Waals surface area contributed by atoms with E-state index in [0.29, 0.717) is 11.3 Å². The lowest BCUT2D eigenvalue weighted by Gasteiger charge is -2.10. The average molecular weight is 390 g/mol. The zero-order chi connectivity index (χ0) is 20.3. The first-order valence-electron chi connectivity index (χ1n) is 8.42. The average Bonchev–Trinajstić information content (AvgIpc) is 3.02. The van der Waals surface area contributed by atoms with Gasteiger partial charge in [-0.05, 0) is 12.1 Å². The van der Waals surface area contributed by atoms with Gasteiger partial charge in [-0.1, -0.05) is 42.5 Å². The number of hydrogen-bond acceptors (Lipinski definition) is 3. The molecule has 8 heteroatoms. The molecule has 0 spiro atoms. The summed E-state index contributed by atoms with van der Waals surface area (Å²) in [5, 5.41) is 0. The van der Waals surface area contributed by atoms with E-state index in [1.165, 1.54) is 11.7 Å². The first kappa shape index (κ1) is 19.6. The minimum Gasteiger partial charge on any atom is -0.383 e. The van der Waals surface area contributed by atoms with E-state index in [-0.39, 0.29) is 24.4 Å². The summed E-state index contributed by atoms with van der Waals surface area (Å²) in [6.45, 7) is 0.319. The zero-order valence-corrected chi connectivity index (χ0v) is 14.9. The largest absolute Gasteiger partial charge is 0.416 e. The van der Waals surface area contributed by atoms with Gasteiger partial charge in [-0.2, -0.15) is 13.2 Å². The van der Waals surface area contributed by atoms with E-state index in [2.05, 4.69) is 4.98 Å². The quantitative estimate of drug-likeness (QED) is 0.652. The van der Waals surface area contributed by atoms with Gasteiger partial charge in [0.15, 0.2) is 0 Å². The number of H-pyrrole nitrogens is 1. The van der Waals surface area contributed by atoms with Crippen molar-refractivity contribution in [1.29, 1.82) is 0 Å². The number of methoxy groups -OCH3 is 1. The summed E-state index contributed by atoms with van der Waals surface area (Å²) in [5.74, 6) is -0.554. The van der Waals surface area contributed by atoms with Crippen LogP contribution in [0, 0.1) is 0 Å². The number of aromatic amines is 1. The summed E-state index contributed by atoms with van der Waals surface area (Å²) < 4.78 is 44.6. The van der Waals surface area contributed by atoms with Crippen molar-refractivity contribution < 1.29 is 22.7 Å². The SMILES string of the molecule is COCCn1c(C(=O)c2ccc(C(F)(F)F)cc2)c(-c2ccccc2)[nH]c1=O. The van der Waals surface area contributed by atoms with Gasteiger partial charge in [-0.15, -0.1) is 0 Å². The van der Waals surface area contributed by atoms with Crippen LogP contribution in [0.4, 0.5) is 13.2 Å². The van der Waals surface area contributed by atoms with Crippen LogP contribution < -0.4 is 5.69 Å². The molecule has 1 N–H and O–H groups in total. The number of imidazole rings is 1. The van der Waals surface area contributed by atoms with Gasteiger partial charge in [0.05, 0.1) is 24.4 Å². The highest BCUT2D eigenvalue weighted by atomic mass is 19.4. The second kappa shape index (κ2) is 7.85. The predicted octanol–water partition coefficient (Wildman–Crippen LogP) is 3.74. The molecule has 3 aromatic rings. The molecular formula is C20H17F3N2O3. The van der Waals surface area contributed by atoms with Gasteiger partial charge in [0, 0.05) is 18.2 Å². The van der Waals surface area contributed by atoms with Crippen LogP contribution in [0.1, 0.15) is 21.6 Å². The highest BCUT2D eigenvalue weighted by molar-refractivity contribution is 6.11. The number of rotatable bonds is 6. The van der Waals surface area contributed by atoms with Gasteiger partial charge < -0.3 is 9.72 Å². The van der Waals surface area contributed by atoms with Crippen LogP contribution in [-0.4, -0.2) is 29.1 Å². The lowest BCUT2D eigenvalue weighted by molar-refractivity contribution is -0.137. The van der Waals surface area contributed by atoms with Gasteiger partial charge in [0.2, 0.25) is 5.78 Å². The number of carbonyl (C=O) groups is 1. The molecular weight excluding hydrogens is 373 g/mol. The third-order valence-corrected chi connectivity index (χ3v) is 4.25. The van der Waals surface area contributed by atoms with Gasteiger partial charge in [0.1, 0.15) is 5.69 Å². The minimum absolute atomic E-state index is 0.0512. The third kappa shape index (κ3) is 3.91. The van der Waals surface area contributed by atoms with Gasteiger partial charge in [0.25, 0.3) is 0 Å². The smallest absolute Gasteiger partial charge is 0.383 e. The van der Waals surface area contributed by atoms with E-state index >= 15 is 0 Å². The number of hydrogen-bond donors (Lipinski definition) is 1. The van der Waals surface area contributed by atoms with Crippen LogP contribution in [-0.2, 0) is 17.5 Å². The van der Waals surface area contributed by atoms with E-state index in [0.717, 1.165) is 24.3 Å². The van der Waals surface area contributed by atoms with Crippen LogP contribution in [0.2, 0.25) is 0 Å². The maximum atomic E-state index is 13.1. The van der Waals surface area contributed by atoms with Crippen molar-refractivity contribution >= 4 is 5.78 Å². The maximum absolute atomic E-state index is 13.1. The molecule has 0 unspecified atom stereocenters. The van der Waals surface area contributed by atoms with Crippen molar-refractivity contribution in [1.82, 2.24) is 9.55 Å². The lowest BCUT2D eigenvalue weighted by atomic mass is 10.0. The molecule has 0 amide bonds. The summed E-state index contributed by atoms with van der Waals surface area (Å²) in [4.78, 5) is 28.2. The van der Waals surface area contributed by atoms with Crippen LogP contribution in [0.3, 0.4) is 0 Å². The summed E-state index contributed by atoms with van der Waals surface area (Å²) in [6, 6.07) is 12.7. The van der Waals surface area contributed by atoms with Crippen LogP contribution in [0.25, 0.3) is 11.3 Å². The molecule has 2 aromatic carbocycles. The summed E-state index contributed by atoms with van der Waals surface area (Å²) in [7, 11) is 1.47. The van der Waals surface area contributed by atoms with E-state index in [1.54, 1.807) is 30.3 Å². The molecule has 0 saturated carbocycles. The van der Waals surface area contributed by atoms with Gasteiger partial charge >= 0.3 is 11.9 Å². The number of ether oxygens (including phenoxy) is 1. The van der Waals surface area contributed by atoms with E-state index in [4.69, 9.17) is 4.74 Å². The molecule has 0 atom stereocenters. The second-order valence-electron chi connectivity index (χ2n) is 6.07. The Labute approximate surface area is 158 Å². The third-order valence-electron chi connectivity index (χ3n) is 4.25. The van der Waals surface area contributed by atoms with Crippen LogP contribution >= 0.6 is 0 Å². The molecule has 146 valence electrons. The number of nitrogens with zero attached hydrogens (tertiary/aromatic N) is 1. The molecule has 28 heavy (non-hydrogen) atoms. The van der Waals surface area contributed by atoms with Crippen LogP contribution in [0.15, 0.2) is 59.4 Å². The number of alkyl halides is 3. The number of ketones is 1. The van der Waals surface area contributed by atoms with Crippen molar-refractivity contribution in [2.24, 2.45) is 0 Å². The Kier molecular flexibility index (Phi) is 5.51. The molecule has 0 aliphatic heterocycles. The molecule has 0 radical (unpaired) electrons. The molecule has 0 aliphatic rings. The monoisotopic (exact) mass is 390 g/mol. The standard InChI is InChI=1S/C20H17F3N2O3/c1-28-12-11-25-17(16(24-19(25)27)13-5-3-2-4-6-13)18(26)14-7-9-15(10-8-14)20(21,22)23/h2-10H,11-12H2,1H3,(H,24,27).